The lowest BCUT2D eigenvalue weighted by molar-refractivity contribution is -0.142. The molecule has 7 heteroatoms. The summed E-state index contributed by atoms with van der Waals surface area (Å²) in [5, 5.41) is 12.4. The highest BCUT2D eigenvalue weighted by molar-refractivity contribution is 6.31. The van der Waals surface area contributed by atoms with Crippen molar-refractivity contribution in [2.24, 2.45) is 0 Å². The van der Waals surface area contributed by atoms with E-state index in [1.165, 1.54) is 6.92 Å². The molecule has 0 saturated heterocycles. The average Bonchev–Trinajstić information content (AvgIpc) is 2.46. The van der Waals surface area contributed by atoms with Gasteiger partial charge in [0.05, 0.1) is 7.11 Å². The average molecular weight is 329 g/mol. The molecule has 1 aromatic carbocycles. The van der Waals surface area contributed by atoms with Gasteiger partial charge in [-0.2, -0.15) is 0 Å². The summed E-state index contributed by atoms with van der Waals surface area (Å²) in [6.07, 6.45) is 0. The van der Waals surface area contributed by atoms with Gasteiger partial charge < -0.3 is 15.2 Å². The molecule has 0 bridgehead atoms. The molecule has 0 aliphatic rings. The van der Waals surface area contributed by atoms with E-state index in [-0.39, 0.29) is 5.91 Å². The fourth-order valence-corrected chi connectivity index (χ4v) is 2.17. The Labute approximate surface area is 135 Å². The van der Waals surface area contributed by atoms with Gasteiger partial charge in [-0.1, -0.05) is 17.7 Å². The van der Waals surface area contributed by atoms with E-state index in [1.54, 1.807) is 37.1 Å². The van der Waals surface area contributed by atoms with Gasteiger partial charge in [0, 0.05) is 31.6 Å². The van der Waals surface area contributed by atoms with Crippen LogP contribution in [-0.4, -0.2) is 48.1 Å². The monoisotopic (exact) mass is 328 g/mol. The fourth-order valence-electron chi connectivity index (χ4n) is 1.94. The summed E-state index contributed by atoms with van der Waals surface area (Å²) in [6.45, 7) is 4.19. The van der Waals surface area contributed by atoms with Crippen molar-refractivity contribution in [2.75, 3.05) is 20.2 Å². The van der Waals surface area contributed by atoms with Crippen LogP contribution in [0, 0.1) is 0 Å². The van der Waals surface area contributed by atoms with Crippen molar-refractivity contribution >= 4 is 23.5 Å². The molecule has 6 nitrogen and oxygen atoms in total. The van der Waals surface area contributed by atoms with Crippen LogP contribution < -0.4 is 10.1 Å². The molecule has 1 amide bonds. The second-order valence-electron chi connectivity index (χ2n) is 4.92. The highest BCUT2D eigenvalue weighted by Gasteiger charge is 2.21. The van der Waals surface area contributed by atoms with Crippen molar-refractivity contribution < 1.29 is 19.4 Å². The number of benzene rings is 1. The van der Waals surface area contributed by atoms with E-state index in [0.717, 1.165) is 5.56 Å². The SMILES string of the molecule is COc1ccc(CN(CCNC(C)=O)C(C)C(=O)O)c(Cl)c1. The molecule has 0 saturated carbocycles. The predicted octanol–water partition coefficient (Wildman–Crippen LogP) is 1.76. The molecule has 1 rings (SSSR count). The zero-order chi connectivity index (χ0) is 16.7. The molecule has 1 aromatic rings. The van der Waals surface area contributed by atoms with Crippen LogP contribution in [0.15, 0.2) is 18.2 Å². The third-order valence-corrected chi connectivity index (χ3v) is 3.66. The highest BCUT2D eigenvalue weighted by Crippen LogP contribution is 2.24. The van der Waals surface area contributed by atoms with Crippen LogP contribution in [0.25, 0.3) is 0 Å². The number of rotatable bonds is 8. The second kappa shape index (κ2) is 8.60. The number of carbonyl (C=O) groups is 2. The minimum atomic E-state index is -0.924. The number of carboxylic acids is 1. The van der Waals surface area contributed by atoms with Crippen LogP contribution in [0.2, 0.25) is 5.02 Å². The predicted molar refractivity (Wildman–Crippen MR) is 84.2 cm³/mol. The van der Waals surface area contributed by atoms with E-state index in [2.05, 4.69) is 5.32 Å². The number of ether oxygens (including phenoxy) is 1. The minimum Gasteiger partial charge on any atom is -0.497 e. The van der Waals surface area contributed by atoms with Gasteiger partial charge in [-0.3, -0.25) is 14.5 Å². The molecule has 0 aliphatic heterocycles. The van der Waals surface area contributed by atoms with Gasteiger partial charge in [0.2, 0.25) is 5.91 Å². The van der Waals surface area contributed by atoms with Crippen LogP contribution in [0.5, 0.6) is 5.75 Å². The molecule has 22 heavy (non-hydrogen) atoms. The van der Waals surface area contributed by atoms with Gasteiger partial charge in [0.15, 0.2) is 0 Å². The van der Waals surface area contributed by atoms with Crippen LogP contribution in [0.3, 0.4) is 0 Å². The number of methoxy groups -OCH3 is 1. The number of carbonyl (C=O) groups excluding carboxylic acids is 1. The molecular weight excluding hydrogens is 308 g/mol. The van der Waals surface area contributed by atoms with Crippen molar-refractivity contribution in [2.45, 2.75) is 26.4 Å². The molecule has 0 aliphatic carbocycles. The summed E-state index contributed by atoms with van der Waals surface area (Å²) in [5.74, 6) is -0.428. The van der Waals surface area contributed by atoms with Gasteiger partial charge >= 0.3 is 5.97 Å². The van der Waals surface area contributed by atoms with Gasteiger partial charge in [-0.25, -0.2) is 0 Å². The summed E-state index contributed by atoms with van der Waals surface area (Å²) in [5.41, 5.74) is 0.804. The first-order chi connectivity index (χ1) is 10.3. The fraction of sp³-hybridized carbons (Fsp3) is 0.467. The van der Waals surface area contributed by atoms with Gasteiger partial charge in [0.1, 0.15) is 11.8 Å². The molecule has 1 atom stereocenters. The van der Waals surface area contributed by atoms with Gasteiger partial charge in [-0.15, -0.1) is 0 Å². The lowest BCUT2D eigenvalue weighted by Gasteiger charge is -2.26. The number of nitrogens with one attached hydrogen (secondary N) is 1. The first-order valence-electron chi connectivity index (χ1n) is 6.89. The minimum absolute atomic E-state index is 0.148. The Bertz CT molecular complexity index is 536. The Balaban J connectivity index is 2.82. The molecule has 122 valence electrons. The Morgan fingerprint density at radius 2 is 2.14 bits per heavy atom. The maximum Gasteiger partial charge on any atom is 0.320 e. The highest BCUT2D eigenvalue weighted by atomic mass is 35.5. The largest absolute Gasteiger partial charge is 0.497 e. The third-order valence-electron chi connectivity index (χ3n) is 3.31. The van der Waals surface area contributed by atoms with Crippen LogP contribution >= 0.6 is 11.6 Å². The molecule has 2 N–H and O–H groups in total. The smallest absolute Gasteiger partial charge is 0.320 e. The molecule has 0 heterocycles. The molecule has 0 fully saturated rings. The summed E-state index contributed by atoms with van der Waals surface area (Å²) >= 11 is 6.20. The van der Waals surface area contributed by atoms with Gasteiger partial charge in [-0.05, 0) is 24.6 Å². The zero-order valence-electron chi connectivity index (χ0n) is 12.9. The second-order valence-corrected chi connectivity index (χ2v) is 5.33. The number of aliphatic carboxylic acids is 1. The zero-order valence-corrected chi connectivity index (χ0v) is 13.7. The van der Waals surface area contributed by atoms with Crippen molar-refractivity contribution in [3.8, 4) is 5.75 Å². The molecular formula is C15H21ClN2O4. The number of amides is 1. The number of carboxylic acid groups (broad SMARTS) is 1. The lowest BCUT2D eigenvalue weighted by atomic mass is 10.1. The quantitative estimate of drug-likeness (QED) is 0.760. The Hall–Kier alpha value is -1.79. The summed E-state index contributed by atoms with van der Waals surface area (Å²) in [7, 11) is 1.55. The van der Waals surface area contributed by atoms with Crippen LogP contribution in [0.4, 0.5) is 0 Å². The number of nitrogens with zero attached hydrogens (tertiary/aromatic N) is 1. The Morgan fingerprint density at radius 1 is 1.45 bits per heavy atom. The van der Waals surface area contributed by atoms with Crippen molar-refractivity contribution in [1.82, 2.24) is 10.2 Å². The third kappa shape index (κ3) is 5.54. The molecule has 0 radical (unpaired) electrons. The van der Waals surface area contributed by atoms with E-state index in [1.807, 2.05) is 0 Å². The van der Waals surface area contributed by atoms with Crippen molar-refractivity contribution in [3.63, 3.8) is 0 Å². The Kier molecular flexibility index (Phi) is 7.14. The molecule has 0 aromatic heterocycles. The number of hydrogen-bond acceptors (Lipinski definition) is 4. The van der Waals surface area contributed by atoms with E-state index >= 15 is 0 Å². The Morgan fingerprint density at radius 3 is 2.64 bits per heavy atom. The van der Waals surface area contributed by atoms with E-state index in [9.17, 15) is 14.7 Å². The first kappa shape index (κ1) is 18.3. The maximum absolute atomic E-state index is 11.2. The lowest BCUT2D eigenvalue weighted by Crippen LogP contribution is -2.42. The molecule has 0 spiro atoms. The molecule has 1 unspecified atom stereocenters. The van der Waals surface area contributed by atoms with E-state index < -0.39 is 12.0 Å². The van der Waals surface area contributed by atoms with Crippen LogP contribution in [-0.2, 0) is 16.1 Å². The number of halogens is 1. The van der Waals surface area contributed by atoms with Crippen LogP contribution in [0.1, 0.15) is 19.4 Å². The van der Waals surface area contributed by atoms with Gasteiger partial charge in [0.25, 0.3) is 0 Å². The van der Waals surface area contributed by atoms with E-state index in [0.29, 0.717) is 30.4 Å². The normalized spacial score (nSPS) is 12.0. The maximum atomic E-state index is 11.2. The standard InChI is InChI=1S/C15H21ClN2O4/c1-10(15(20)21)18(7-6-17-11(2)19)9-12-4-5-13(22-3)8-14(12)16/h4-5,8,10H,6-7,9H2,1-3H3,(H,17,19)(H,20,21). The topological polar surface area (TPSA) is 78.9 Å². The summed E-state index contributed by atoms with van der Waals surface area (Å²) < 4.78 is 5.09. The summed E-state index contributed by atoms with van der Waals surface area (Å²) in [4.78, 5) is 23.9. The first-order valence-corrected chi connectivity index (χ1v) is 7.26. The number of hydrogen-bond donors (Lipinski definition) is 2. The van der Waals surface area contributed by atoms with Crippen molar-refractivity contribution in [1.29, 1.82) is 0 Å². The van der Waals surface area contributed by atoms with Crippen molar-refractivity contribution in [3.05, 3.63) is 28.8 Å². The van der Waals surface area contributed by atoms with E-state index in [4.69, 9.17) is 16.3 Å². The summed E-state index contributed by atoms with van der Waals surface area (Å²) in [6, 6.07) is 4.58.